The first-order chi connectivity index (χ1) is 13.7. The quantitative estimate of drug-likeness (QED) is 0.583. The SMILES string of the molecule is CC(=O)C1=CCC2C3CCC4C(C)(C)C(N(C)C5CC5)CCC45CC35CCC12C. The normalized spacial score (nSPS) is 52.1. The summed E-state index contributed by atoms with van der Waals surface area (Å²) in [7, 11) is 2.43. The van der Waals surface area contributed by atoms with Crippen LogP contribution in [0, 0.1) is 39.4 Å². The molecule has 7 unspecified atom stereocenters. The molecule has 0 aromatic rings. The number of rotatable bonds is 3. The zero-order valence-corrected chi connectivity index (χ0v) is 19.4. The number of hydrogen-bond donors (Lipinski definition) is 0. The second-order valence-electron chi connectivity index (χ2n) is 12.9. The lowest BCUT2D eigenvalue weighted by molar-refractivity contribution is -0.119. The van der Waals surface area contributed by atoms with E-state index in [0.717, 1.165) is 29.8 Å². The molecule has 0 bridgehead atoms. The number of carbonyl (C=O) groups is 1. The van der Waals surface area contributed by atoms with Gasteiger partial charge in [0.05, 0.1) is 0 Å². The Labute approximate surface area is 177 Å². The topological polar surface area (TPSA) is 20.3 Å². The molecule has 2 nitrogen and oxygen atoms in total. The molecule has 0 aliphatic heterocycles. The number of nitrogens with zero attached hydrogens (tertiary/aromatic N) is 1. The third-order valence-electron chi connectivity index (χ3n) is 11.8. The van der Waals surface area contributed by atoms with Crippen molar-refractivity contribution in [2.75, 3.05) is 7.05 Å². The summed E-state index contributed by atoms with van der Waals surface area (Å²) in [6, 6.07) is 1.66. The fourth-order valence-corrected chi connectivity index (χ4v) is 10.5. The Bertz CT molecular complexity index is 792. The number of hydrogen-bond acceptors (Lipinski definition) is 2. The maximum Gasteiger partial charge on any atom is 0.156 e. The van der Waals surface area contributed by atoms with Crippen molar-refractivity contribution in [2.24, 2.45) is 39.4 Å². The van der Waals surface area contributed by atoms with Crippen LogP contribution in [-0.2, 0) is 4.79 Å². The highest BCUT2D eigenvalue weighted by molar-refractivity contribution is 5.95. The van der Waals surface area contributed by atoms with Crippen LogP contribution >= 0.6 is 0 Å². The van der Waals surface area contributed by atoms with E-state index in [2.05, 4.69) is 38.8 Å². The van der Waals surface area contributed by atoms with Crippen molar-refractivity contribution in [1.82, 2.24) is 4.90 Å². The first kappa shape index (κ1) is 19.1. The second-order valence-corrected chi connectivity index (χ2v) is 12.9. The van der Waals surface area contributed by atoms with Gasteiger partial charge in [-0.25, -0.2) is 0 Å². The Morgan fingerprint density at radius 2 is 1.72 bits per heavy atom. The molecule has 0 N–H and O–H groups in total. The molecule has 0 aromatic heterocycles. The average molecular weight is 396 g/mol. The van der Waals surface area contributed by atoms with E-state index in [1.54, 1.807) is 6.92 Å². The zero-order chi connectivity index (χ0) is 20.4. The maximum atomic E-state index is 12.4. The van der Waals surface area contributed by atoms with Crippen LogP contribution in [0.15, 0.2) is 11.6 Å². The fourth-order valence-electron chi connectivity index (χ4n) is 10.5. The van der Waals surface area contributed by atoms with Gasteiger partial charge < -0.3 is 0 Å². The highest BCUT2D eigenvalue weighted by Gasteiger charge is 2.80. The molecule has 6 aliphatic carbocycles. The van der Waals surface area contributed by atoms with Crippen molar-refractivity contribution in [2.45, 2.75) is 104 Å². The largest absolute Gasteiger partial charge is 0.300 e. The van der Waals surface area contributed by atoms with Crippen LogP contribution in [0.4, 0.5) is 0 Å². The minimum Gasteiger partial charge on any atom is -0.300 e. The lowest BCUT2D eigenvalue weighted by Crippen LogP contribution is -2.57. The average Bonchev–Trinajstić information content (AvgIpc) is 3.55. The number of allylic oxidation sites excluding steroid dienone is 2. The molecule has 0 radical (unpaired) electrons. The summed E-state index contributed by atoms with van der Waals surface area (Å²) >= 11 is 0. The van der Waals surface area contributed by atoms with Gasteiger partial charge in [-0.3, -0.25) is 9.69 Å². The second kappa shape index (κ2) is 5.59. The van der Waals surface area contributed by atoms with Crippen LogP contribution in [0.3, 0.4) is 0 Å². The molecule has 2 heteroatoms. The van der Waals surface area contributed by atoms with Gasteiger partial charge in [-0.2, -0.15) is 0 Å². The zero-order valence-electron chi connectivity index (χ0n) is 19.4. The van der Waals surface area contributed by atoms with Gasteiger partial charge in [0.1, 0.15) is 0 Å². The standard InChI is InChI=1S/C27H41NO/c1-17(29)19-8-9-20-21-10-11-22-24(2,3)23(28(5)18-6-7-18)12-13-27(22)16-26(21,27)15-14-25(19,20)4/h8,18,20-23H,6-7,9-16H2,1-5H3. The van der Waals surface area contributed by atoms with Crippen molar-refractivity contribution in [3.63, 3.8) is 0 Å². The molecule has 29 heavy (non-hydrogen) atoms. The van der Waals surface area contributed by atoms with Crippen LogP contribution in [-0.4, -0.2) is 29.8 Å². The molecule has 7 atom stereocenters. The Hall–Kier alpha value is -0.630. The van der Waals surface area contributed by atoms with Crippen LogP contribution in [0.1, 0.15) is 91.9 Å². The van der Waals surface area contributed by atoms with E-state index < -0.39 is 0 Å². The number of fused-ring (bicyclic) bond motifs is 2. The smallest absolute Gasteiger partial charge is 0.156 e. The summed E-state index contributed by atoms with van der Waals surface area (Å²) in [6.45, 7) is 9.51. The molecule has 5 saturated carbocycles. The molecule has 160 valence electrons. The highest BCUT2D eigenvalue weighted by Crippen LogP contribution is 2.86. The van der Waals surface area contributed by atoms with Gasteiger partial charge in [-0.05, 0) is 123 Å². The molecule has 0 amide bonds. The van der Waals surface area contributed by atoms with Crippen molar-refractivity contribution in [1.29, 1.82) is 0 Å². The van der Waals surface area contributed by atoms with E-state index in [1.165, 1.54) is 69.8 Å². The van der Waals surface area contributed by atoms with Crippen LogP contribution in [0.2, 0.25) is 0 Å². The summed E-state index contributed by atoms with van der Waals surface area (Å²) < 4.78 is 0. The van der Waals surface area contributed by atoms with E-state index in [9.17, 15) is 4.79 Å². The van der Waals surface area contributed by atoms with Gasteiger partial charge in [0.2, 0.25) is 0 Å². The minimum absolute atomic E-state index is 0.178. The molecular weight excluding hydrogens is 354 g/mol. The van der Waals surface area contributed by atoms with E-state index in [4.69, 9.17) is 0 Å². The molecule has 2 spiro atoms. The van der Waals surface area contributed by atoms with E-state index in [-0.39, 0.29) is 5.41 Å². The Balaban J connectivity index is 1.31. The number of Topliss-reactive ketones (excluding diaryl/α,β-unsaturated/α-hetero) is 1. The molecule has 5 fully saturated rings. The van der Waals surface area contributed by atoms with Crippen LogP contribution < -0.4 is 0 Å². The minimum atomic E-state index is 0.178. The van der Waals surface area contributed by atoms with E-state index >= 15 is 0 Å². The molecule has 6 aliphatic rings. The highest BCUT2D eigenvalue weighted by atomic mass is 16.1. The summed E-state index contributed by atoms with van der Waals surface area (Å²) in [5, 5.41) is 0. The van der Waals surface area contributed by atoms with Gasteiger partial charge in [-0.1, -0.05) is 26.8 Å². The predicted octanol–water partition coefficient (Wildman–Crippen LogP) is 6.01. The number of ketones is 1. The summed E-state index contributed by atoms with van der Waals surface area (Å²) in [5.41, 5.74) is 3.08. The predicted molar refractivity (Wildman–Crippen MR) is 117 cm³/mol. The van der Waals surface area contributed by atoms with Gasteiger partial charge >= 0.3 is 0 Å². The maximum absolute atomic E-state index is 12.4. The third-order valence-corrected chi connectivity index (χ3v) is 11.8. The van der Waals surface area contributed by atoms with E-state index in [1.807, 2.05) is 0 Å². The van der Waals surface area contributed by atoms with Crippen LogP contribution in [0.25, 0.3) is 0 Å². The van der Waals surface area contributed by atoms with Crippen LogP contribution in [0.5, 0.6) is 0 Å². The van der Waals surface area contributed by atoms with Gasteiger partial charge in [0.15, 0.2) is 5.78 Å². The summed E-state index contributed by atoms with van der Waals surface area (Å²) in [6.07, 6.45) is 16.3. The molecule has 6 rings (SSSR count). The summed E-state index contributed by atoms with van der Waals surface area (Å²) in [4.78, 5) is 15.1. The van der Waals surface area contributed by atoms with Crippen molar-refractivity contribution < 1.29 is 4.79 Å². The molecule has 0 heterocycles. The molecule has 0 aromatic carbocycles. The lowest BCUT2D eigenvalue weighted by Gasteiger charge is -2.60. The van der Waals surface area contributed by atoms with Gasteiger partial charge in [0, 0.05) is 12.1 Å². The van der Waals surface area contributed by atoms with Gasteiger partial charge in [-0.15, -0.1) is 0 Å². The molecular formula is C27H41NO. The van der Waals surface area contributed by atoms with Crippen molar-refractivity contribution in [3.8, 4) is 0 Å². The van der Waals surface area contributed by atoms with Crippen molar-refractivity contribution >= 4 is 5.78 Å². The third kappa shape index (κ3) is 2.16. The van der Waals surface area contributed by atoms with E-state index in [0.29, 0.717) is 22.0 Å². The monoisotopic (exact) mass is 395 g/mol. The molecule has 0 saturated heterocycles. The first-order valence-electron chi connectivity index (χ1n) is 12.6. The number of carbonyl (C=O) groups excluding carboxylic acids is 1. The van der Waals surface area contributed by atoms with Gasteiger partial charge in [0.25, 0.3) is 0 Å². The van der Waals surface area contributed by atoms with Crippen molar-refractivity contribution in [3.05, 3.63) is 11.6 Å². The first-order valence-corrected chi connectivity index (χ1v) is 12.6. The fraction of sp³-hybridized carbons (Fsp3) is 0.889. The Morgan fingerprint density at radius 1 is 0.966 bits per heavy atom. The lowest BCUT2D eigenvalue weighted by atomic mass is 9.46. The Morgan fingerprint density at radius 3 is 2.41 bits per heavy atom. The Kier molecular flexibility index (Phi) is 3.68. The summed E-state index contributed by atoms with van der Waals surface area (Å²) in [5.74, 6) is 2.87.